The molecule has 0 aliphatic heterocycles. The Kier molecular flexibility index (Phi) is 4.42. The van der Waals surface area contributed by atoms with Gasteiger partial charge < -0.3 is 11.1 Å². The first kappa shape index (κ1) is 12.6. The van der Waals surface area contributed by atoms with Gasteiger partial charge in [0.15, 0.2) is 5.82 Å². The Balaban J connectivity index is 2.50. The molecule has 6 nitrogen and oxygen atoms in total. The minimum Gasteiger partial charge on any atom is -0.352 e. The first-order valence-corrected chi connectivity index (χ1v) is 5.47. The van der Waals surface area contributed by atoms with Crippen molar-refractivity contribution in [2.75, 3.05) is 0 Å². The van der Waals surface area contributed by atoms with Crippen LogP contribution in [0, 0.1) is 0 Å². The predicted molar refractivity (Wildman–Crippen MR) is 60.5 cm³/mol. The first-order valence-electron chi connectivity index (χ1n) is 5.47. The van der Waals surface area contributed by atoms with E-state index in [4.69, 9.17) is 5.73 Å². The maximum absolute atomic E-state index is 11.5. The number of amides is 1. The van der Waals surface area contributed by atoms with Gasteiger partial charge in [-0.15, -0.1) is 0 Å². The maximum atomic E-state index is 11.5. The van der Waals surface area contributed by atoms with E-state index in [-0.39, 0.29) is 24.5 Å². The van der Waals surface area contributed by atoms with E-state index >= 15 is 0 Å². The van der Waals surface area contributed by atoms with Gasteiger partial charge in [-0.3, -0.25) is 4.79 Å². The topological polar surface area (TPSA) is 85.8 Å². The van der Waals surface area contributed by atoms with E-state index < -0.39 is 0 Å². The predicted octanol–water partition coefficient (Wildman–Crippen LogP) is 0.213. The number of hydrogen-bond acceptors (Lipinski definition) is 4. The number of carbonyl (C=O) groups excluding carboxylic acids is 1. The SMILES string of the molecule is CCC(C)NC(=O)Cn1cnc(C(C)N)n1. The minimum atomic E-state index is -0.209. The minimum absolute atomic E-state index is 0.0597. The van der Waals surface area contributed by atoms with Gasteiger partial charge in [0.05, 0.1) is 6.04 Å². The molecular formula is C10H19N5O. The van der Waals surface area contributed by atoms with E-state index in [1.165, 1.54) is 11.0 Å². The molecule has 0 radical (unpaired) electrons. The van der Waals surface area contributed by atoms with Crippen LogP contribution in [0.1, 0.15) is 39.1 Å². The summed E-state index contributed by atoms with van der Waals surface area (Å²) in [6.45, 7) is 5.98. The zero-order valence-electron chi connectivity index (χ0n) is 9.97. The third-order valence-electron chi connectivity index (χ3n) is 2.29. The van der Waals surface area contributed by atoms with Gasteiger partial charge in [0.25, 0.3) is 0 Å². The lowest BCUT2D eigenvalue weighted by molar-refractivity contribution is -0.122. The molecule has 0 saturated heterocycles. The number of aromatic nitrogens is 3. The van der Waals surface area contributed by atoms with Crippen LogP contribution in [0.2, 0.25) is 0 Å². The highest BCUT2D eigenvalue weighted by atomic mass is 16.2. The molecule has 1 amide bonds. The number of nitrogens with one attached hydrogen (secondary N) is 1. The van der Waals surface area contributed by atoms with Crippen molar-refractivity contribution in [3.8, 4) is 0 Å². The maximum Gasteiger partial charge on any atom is 0.242 e. The van der Waals surface area contributed by atoms with Crippen LogP contribution in [-0.2, 0) is 11.3 Å². The molecule has 2 unspecified atom stereocenters. The number of carbonyl (C=O) groups is 1. The number of nitrogens with zero attached hydrogens (tertiary/aromatic N) is 3. The van der Waals surface area contributed by atoms with Crippen LogP contribution in [-0.4, -0.2) is 26.7 Å². The molecule has 90 valence electrons. The van der Waals surface area contributed by atoms with Gasteiger partial charge in [-0.25, -0.2) is 9.67 Å². The van der Waals surface area contributed by atoms with Crippen LogP contribution in [0.25, 0.3) is 0 Å². The average Bonchev–Trinajstić information content (AvgIpc) is 2.65. The van der Waals surface area contributed by atoms with E-state index in [9.17, 15) is 4.79 Å². The Morgan fingerprint density at radius 3 is 2.81 bits per heavy atom. The summed E-state index contributed by atoms with van der Waals surface area (Å²) in [6, 6.07) is -0.0252. The van der Waals surface area contributed by atoms with E-state index in [0.717, 1.165) is 6.42 Å². The Morgan fingerprint density at radius 2 is 2.31 bits per heavy atom. The highest BCUT2D eigenvalue weighted by Gasteiger charge is 2.09. The molecule has 0 aromatic carbocycles. The van der Waals surface area contributed by atoms with E-state index in [1.54, 1.807) is 6.92 Å². The van der Waals surface area contributed by atoms with Gasteiger partial charge in [0, 0.05) is 6.04 Å². The Hall–Kier alpha value is -1.43. The third-order valence-corrected chi connectivity index (χ3v) is 2.29. The monoisotopic (exact) mass is 225 g/mol. The Bertz CT molecular complexity index is 347. The normalized spacial score (nSPS) is 14.5. The summed E-state index contributed by atoms with van der Waals surface area (Å²) in [7, 11) is 0. The largest absolute Gasteiger partial charge is 0.352 e. The number of rotatable bonds is 5. The molecule has 1 aromatic heterocycles. The molecule has 1 heterocycles. The summed E-state index contributed by atoms with van der Waals surface area (Å²) in [5.41, 5.74) is 5.62. The quantitative estimate of drug-likeness (QED) is 0.750. The summed E-state index contributed by atoms with van der Waals surface area (Å²) >= 11 is 0. The average molecular weight is 225 g/mol. The van der Waals surface area contributed by atoms with Gasteiger partial charge in [-0.1, -0.05) is 6.92 Å². The van der Waals surface area contributed by atoms with Crippen molar-refractivity contribution in [2.45, 2.75) is 45.8 Å². The molecule has 0 aliphatic rings. The number of hydrogen-bond donors (Lipinski definition) is 2. The summed E-state index contributed by atoms with van der Waals surface area (Å²) in [4.78, 5) is 15.5. The standard InChI is InChI=1S/C10H19N5O/c1-4-7(2)13-9(16)5-15-6-12-10(14-15)8(3)11/h6-8H,4-5,11H2,1-3H3,(H,13,16). The van der Waals surface area contributed by atoms with E-state index in [0.29, 0.717) is 5.82 Å². The van der Waals surface area contributed by atoms with Crippen molar-refractivity contribution in [3.05, 3.63) is 12.2 Å². The highest BCUT2D eigenvalue weighted by Crippen LogP contribution is 2.00. The molecule has 2 atom stereocenters. The van der Waals surface area contributed by atoms with Gasteiger partial charge in [-0.2, -0.15) is 5.10 Å². The second kappa shape index (κ2) is 5.60. The highest BCUT2D eigenvalue weighted by molar-refractivity contribution is 5.75. The molecule has 0 bridgehead atoms. The van der Waals surface area contributed by atoms with Gasteiger partial charge in [0.2, 0.25) is 5.91 Å². The number of nitrogens with two attached hydrogens (primary N) is 1. The van der Waals surface area contributed by atoms with Gasteiger partial charge >= 0.3 is 0 Å². The van der Waals surface area contributed by atoms with E-state index in [1.807, 2.05) is 13.8 Å². The molecule has 3 N–H and O–H groups in total. The Morgan fingerprint density at radius 1 is 1.62 bits per heavy atom. The zero-order chi connectivity index (χ0) is 12.1. The van der Waals surface area contributed by atoms with Crippen LogP contribution in [0.5, 0.6) is 0 Å². The summed E-state index contributed by atoms with van der Waals surface area (Å²) < 4.78 is 1.50. The molecule has 0 spiro atoms. The lowest BCUT2D eigenvalue weighted by Crippen LogP contribution is -2.34. The molecule has 16 heavy (non-hydrogen) atoms. The fourth-order valence-corrected chi connectivity index (χ4v) is 1.16. The zero-order valence-corrected chi connectivity index (χ0v) is 9.97. The van der Waals surface area contributed by atoms with Crippen molar-refractivity contribution in [1.82, 2.24) is 20.1 Å². The van der Waals surface area contributed by atoms with Crippen LogP contribution in [0.3, 0.4) is 0 Å². The summed E-state index contributed by atoms with van der Waals surface area (Å²) in [5, 5.41) is 6.96. The van der Waals surface area contributed by atoms with Gasteiger partial charge in [-0.05, 0) is 20.3 Å². The van der Waals surface area contributed by atoms with E-state index in [2.05, 4.69) is 15.4 Å². The third kappa shape index (κ3) is 3.62. The molecule has 0 saturated carbocycles. The molecule has 6 heteroatoms. The van der Waals surface area contributed by atoms with Crippen molar-refractivity contribution in [1.29, 1.82) is 0 Å². The lowest BCUT2D eigenvalue weighted by atomic mass is 10.2. The molecule has 0 aliphatic carbocycles. The van der Waals surface area contributed by atoms with Crippen LogP contribution < -0.4 is 11.1 Å². The van der Waals surface area contributed by atoms with Crippen molar-refractivity contribution >= 4 is 5.91 Å². The fraction of sp³-hybridized carbons (Fsp3) is 0.700. The lowest BCUT2D eigenvalue weighted by Gasteiger charge is -2.10. The summed E-state index contributed by atoms with van der Waals surface area (Å²) in [5.74, 6) is 0.492. The van der Waals surface area contributed by atoms with Crippen LogP contribution in [0.4, 0.5) is 0 Å². The molecule has 0 fully saturated rings. The molecule has 1 aromatic rings. The smallest absolute Gasteiger partial charge is 0.242 e. The van der Waals surface area contributed by atoms with Crippen molar-refractivity contribution in [3.63, 3.8) is 0 Å². The molecule has 1 rings (SSSR count). The first-order chi connectivity index (χ1) is 7.52. The second-order valence-electron chi connectivity index (χ2n) is 3.97. The van der Waals surface area contributed by atoms with Crippen LogP contribution in [0.15, 0.2) is 6.33 Å². The second-order valence-corrected chi connectivity index (χ2v) is 3.97. The van der Waals surface area contributed by atoms with Crippen molar-refractivity contribution < 1.29 is 4.79 Å². The molecular weight excluding hydrogens is 206 g/mol. The van der Waals surface area contributed by atoms with Gasteiger partial charge in [0.1, 0.15) is 12.9 Å². The van der Waals surface area contributed by atoms with Crippen molar-refractivity contribution in [2.24, 2.45) is 5.73 Å². The summed E-state index contributed by atoms with van der Waals surface area (Å²) in [6.07, 6.45) is 2.43. The fourth-order valence-electron chi connectivity index (χ4n) is 1.16. The Labute approximate surface area is 95.2 Å². The van der Waals surface area contributed by atoms with Crippen LogP contribution >= 0.6 is 0 Å².